The van der Waals surface area contributed by atoms with E-state index in [1.54, 1.807) is 9.47 Å². The Balaban J connectivity index is 1.35. The Kier molecular flexibility index (Phi) is 4.15. The van der Waals surface area contributed by atoms with Gasteiger partial charge in [-0.15, -0.1) is 0 Å². The molecule has 0 radical (unpaired) electrons. The Labute approximate surface area is 172 Å². The number of nitrogens with two attached hydrogens (primary N) is 1. The highest BCUT2D eigenvalue weighted by atomic mass is 79.9. The molecular weight excluding hydrogens is 442 g/mol. The summed E-state index contributed by atoms with van der Waals surface area (Å²) in [6.07, 6.45) is 7.41. The maximum atomic E-state index is 13.1. The molecule has 3 aromatic rings. The maximum Gasteiger partial charge on any atom is 0.248 e. The summed E-state index contributed by atoms with van der Waals surface area (Å²) >= 11 is 3.23. The van der Waals surface area contributed by atoms with E-state index in [1.165, 1.54) is 25.0 Å². The number of nitrogen functional groups attached to an aromatic ring is 1. The molecule has 2 aliphatic rings. The zero-order valence-electron chi connectivity index (χ0n) is 15.1. The predicted octanol–water partition coefficient (Wildman–Crippen LogP) is 0.589. The second kappa shape index (κ2) is 6.72. The van der Waals surface area contributed by atoms with E-state index in [-0.39, 0.29) is 30.2 Å². The second-order valence-corrected chi connectivity index (χ2v) is 7.95. The number of piperidine rings is 1. The Hall–Kier alpha value is -3.15. The van der Waals surface area contributed by atoms with Crippen LogP contribution in [0.5, 0.6) is 0 Å². The summed E-state index contributed by atoms with van der Waals surface area (Å²) in [6.45, 7) is 0.0244. The summed E-state index contributed by atoms with van der Waals surface area (Å²) in [5.41, 5.74) is 6.75. The minimum Gasteiger partial charge on any atom is -0.382 e. The number of halogens is 1. The summed E-state index contributed by atoms with van der Waals surface area (Å²) in [4.78, 5) is 48.0. The largest absolute Gasteiger partial charge is 0.382 e. The third-order valence-electron chi connectivity index (χ3n) is 5.29. The van der Waals surface area contributed by atoms with E-state index in [1.807, 2.05) is 0 Å². The molecule has 3 N–H and O–H groups in total. The van der Waals surface area contributed by atoms with Gasteiger partial charge in [0.25, 0.3) is 0 Å². The van der Waals surface area contributed by atoms with Crippen molar-refractivity contribution in [1.82, 2.24) is 34.4 Å². The summed E-state index contributed by atoms with van der Waals surface area (Å²) < 4.78 is 2.14. The van der Waals surface area contributed by atoms with Crippen molar-refractivity contribution in [3.63, 3.8) is 0 Å². The molecular formula is C17H16BrN9O2. The zero-order chi connectivity index (χ0) is 20.1. The second-order valence-electron chi connectivity index (χ2n) is 7.14. The highest BCUT2D eigenvalue weighted by molar-refractivity contribution is 9.10. The van der Waals surface area contributed by atoms with Gasteiger partial charge >= 0.3 is 0 Å². The van der Waals surface area contributed by atoms with E-state index in [0.29, 0.717) is 33.9 Å². The molecule has 3 aromatic heterocycles. The van der Waals surface area contributed by atoms with Gasteiger partial charge in [-0.25, -0.2) is 19.9 Å². The maximum absolute atomic E-state index is 13.1. The SMILES string of the molecule is Nc1ncnc2c1ncn2CC(=O)N1C2C[C@@H]2C[C@H]1C(=O)Nc1cncc(Br)n1. The molecule has 3 atom stereocenters. The summed E-state index contributed by atoms with van der Waals surface area (Å²) in [5.74, 6) is 0.537. The van der Waals surface area contributed by atoms with Gasteiger partial charge in [0.1, 0.15) is 29.0 Å². The summed E-state index contributed by atoms with van der Waals surface area (Å²) in [5, 5.41) is 2.75. The molecule has 29 heavy (non-hydrogen) atoms. The van der Waals surface area contributed by atoms with E-state index < -0.39 is 6.04 Å². The van der Waals surface area contributed by atoms with Gasteiger partial charge in [0.05, 0.1) is 18.7 Å². The molecule has 1 aliphatic heterocycles. The number of anilines is 2. The fourth-order valence-electron chi connectivity index (χ4n) is 3.90. The smallest absolute Gasteiger partial charge is 0.248 e. The van der Waals surface area contributed by atoms with Gasteiger partial charge in [-0.2, -0.15) is 0 Å². The van der Waals surface area contributed by atoms with Crippen LogP contribution in [0.3, 0.4) is 0 Å². The van der Waals surface area contributed by atoms with Crippen molar-refractivity contribution in [2.24, 2.45) is 5.92 Å². The number of rotatable bonds is 4. The molecule has 0 spiro atoms. The number of hydrogen-bond acceptors (Lipinski definition) is 8. The highest BCUT2D eigenvalue weighted by Gasteiger charge is 2.56. The molecule has 4 heterocycles. The van der Waals surface area contributed by atoms with E-state index in [0.717, 1.165) is 6.42 Å². The normalized spacial score (nSPS) is 22.5. The molecule has 1 unspecified atom stereocenters. The Morgan fingerprint density at radius 3 is 2.93 bits per heavy atom. The van der Waals surface area contributed by atoms with Gasteiger partial charge in [0.2, 0.25) is 11.8 Å². The molecule has 12 heteroatoms. The van der Waals surface area contributed by atoms with E-state index in [9.17, 15) is 9.59 Å². The number of nitrogens with one attached hydrogen (secondary N) is 1. The molecule has 1 aliphatic carbocycles. The lowest BCUT2D eigenvalue weighted by Gasteiger charge is -2.26. The molecule has 2 amide bonds. The van der Waals surface area contributed by atoms with Crippen LogP contribution in [0.4, 0.5) is 11.6 Å². The number of carbonyl (C=O) groups is 2. The van der Waals surface area contributed by atoms with Crippen molar-refractivity contribution in [2.45, 2.75) is 31.5 Å². The Morgan fingerprint density at radius 2 is 2.10 bits per heavy atom. The van der Waals surface area contributed by atoms with Crippen LogP contribution in [-0.2, 0) is 16.1 Å². The molecule has 5 rings (SSSR count). The highest BCUT2D eigenvalue weighted by Crippen LogP contribution is 2.48. The Morgan fingerprint density at radius 1 is 1.24 bits per heavy atom. The molecule has 11 nitrogen and oxygen atoms in total. The average Bonchev–Trinajstić information content (AvgIpc) is 3.15. The molecule has 0 aromatic carbocycles. The Bertz CT molecular complexity index is 1130. The van der Waals surface area contributed by atoms with Crippen LogP contribution < -0.4 is 11.1 Å². The number of fused-ring (bicyclic) bond motifs is 2. The minimum absolute atomic E-state index is 0.0244. The van der Waals surface area contributed by atoms with Crippen LogP contribution in [0.1, 0.15) is 12.8 Å². The van der Waals surface area contributed by atoms with Gasteiger partial charge in [0, 0.05) is 6.04 Å². The number of likely N-dealkylation sites (tertiary alicyclic amines) is 1. The van der Waals surface area contributed by atoms with Crippen LogP contribution >= 0.6 is 15.9 Å². The van der Waals surface area contributed by atoms with Gasteiger partial charge in [-0.3, -0.25) is 14.6 Å². The van der Waals surface area contributed by atoms with E-state index in [4.69, 9.17) is 5.73 Å². The zero-order valence-corrected chi connectivity index (χ0v) is 16.7. The van der Waals surface area contributed by atoms with E-state index >= 15 is 0 Å². The first-order valence-corrected chi connectivity index (χ1v) is 9.81. The fourth-order valence-corrected chi connectivity index (χ4v) is 4.21. The monoisotopic (exact) mass is 457 g/mol. The first-order valence-electron chi connectivity index (χ1n) is 9.02. The fraction of sp³-hybridized carbons (Fsp3) is 0.353. The van der Waals surface area contributed by atoms with Crippen molar-refractivity contribution in [2.75, 3.05) is 11.1 Å². The first-order chi connectivity index (χ1) is 14.0. The quantitative estimate of drug-likeness (QED) is 0.578. The number of hydrogen-bond donors (Lipinski definition) is 2. The van der Waals surface area contributed by atoms with Gasteiger partial charge in [-0.05, 0) is 34.7 Å². The predicted molar refractivity (Wildman–Crippen MR) is 105 cm³/mol. The standard InChI is InChI=1S/C17H16BrN9O2/c18-11-3-20-4-12(24-11)25-17(29)10-2-8-1-9(8)27(10)13(28)5-26-7-23-14-15(19)21-6-22-16(14)26/h3-4,6-10H,1-2,5H2,(H2,19,21,22)(H,24,25,29)/t8-,9?,10+/m1/s1. The van der Waals surface area contributed by atoms with Crippen LogP contribution in [0.2, 0.25) is 0 Å². The number of imidazole rings is 1. The number of carbonyl (C=O) groups excluding carboxylic acids is 2. The molecule has 0 bridgehead atoms. The average molecular weight is 458 g/mol. The van der Waals surface area contributed by atoms with E-state index in [2.05, 4.69) is 46.2 Å². The van der Waals surface area contributed by atoms with Crippen molar-refractivity contribution >= 4 is 50.5 Å². The lowest BCUT2D eigenvalue weighted by molar-refractivity contribution is -0.138. The third kappa shape index (κ3) is 3.18. The van der Waals surface area contributed by atoms with Crippen LogP contribution in [0.15, 0.2) is 29.7 Å². The van der Waals surface area contributed by atoms with Crippen LogP contribution in [-0.4, -0.2) is 58.3 Å². The molecule has 1 saturated carbocycles. The minimum atomic E-state index is -0.540. The number of aromatic nitrogens is 6. The first kappa shape index (κ1) is 17.9. The van der Waals surface area contributed by atoms with Crippen molar-refractivity contribution < 1.29 is 9.59 Å². The topological polar surface area (TPSA) is 145 Å². The lowest BCUT2D eigenvalue weighted by Crippen LogP contribution is -2.46. The molecule has 2 fully saturated rings. The van der Waals surface area contributed by atoms with Crippen molar-refractivity contribution in [3.8, 4) is 0 Å². The van der Waals surface area contributed by atoms with Gasteiger partial charge < -0.3 is 20.5 Å². The van der Waals surface area contributed by atoms with Crippen molar-refractivity contribution in [1.29, 1.82) is 0 Å². The summed E-state index contributed by atoms with van der Waals surface area (Å²) in [6, 6.07) is -0.442. The third-order valence-corrected chi connectivity index (χ3v) is 5.67. The van der Waals surface area contributed by atoms with Gasteiger partial charge in [0.15, 0.2) is 17.3 Å². The lowest BCUT2D eigenvalue weighted by atomic mass is 10.1. The number of amides is 2. The van der Waals surface area contributed by atoms with Crippen molar-refractivity contribution in [3.05, 3.63) is 29.7 Å². The van der Waals surface area contributed by atoms with Crippen LogP contribution in [0.25, 0.3) is 11.2 Å². The molecule has 1 saturated heterocycles. The van der Waals surface area contributed by atoms with Crippen LogP contribution in [0, 0.1) is 5.92 Å². The number of nitrogens with zero attached hydrogens (tertiary/aromatic N) is 7. The molecule has 148 valence electrons. The summed E-state index contributed by atoms with van der Waals surface area (Å²) in [7, 11) is 0. The van der Waals surface area contributed by atoms with Gasteiger partial charge in [-0.1, -0.05) is 0 Å².